The van der Waals surface area contributed by atoms with Gasteiger partial charge in [0.1, 0.15) is 0 Å². The van der Waals surface area contributed by atoms with Gasteiger partial charge in [0, 0.05) is 19.1 Å². The predicted octanol–water partition coefficient (Wildman–Crippen LogP) is 3.76. The molecule has 3 rings (SSSR count). The van der Waals surface area contributed by atoms with Crippen molar-refractivity contribution in [3.8, 4) is 0 Å². The fourth-order valence-corrected chi connectivity index (χ4v) is 5.53. The molecule has 1 aromatic carbocycles. The number of morpholine rings is 1. The van der Waals surface area contributed by atoms with Crippen LogP contribution in [-0.4, -0.2) is 44.3 Å². The van der Waals surface area contributed by atoms with E-state index in [0.717, 1.165) is 19.1 Å². The average Bonchev–Trinajstić information content (AvgIpc) is 2.42. The first kappa shape index (κ1) is 17.2. The van der Waals surface area contributed by atoms with Crippen molar-refractivity contribution in [3.05, 3.63) is 29.8 Å². The molecule has 1 aliphatic heterocycles. The number of nitrogens with zero attached hydrogens (tertiary/aromatic N) is 1. The van der Waals surface area contributed by atoms with Crippen LogP contribution in [0.4, 0.5) is 0 Å². The van der Waals surface area contributed by atoms with Crippen LogP contribution in [-0.2, 0) is 10.2 Å². The van der Waals surface area contributed by atoms with Crippen molar-refractivity contribution in [1.29, 1.82) is 0 Å². The third kappa shape index (κ3) is 3.57. The number of hydrogen-bond acceptors (Lipinski definition) is 2. The van der Waals surface area contributed by atoms with E-state index in [2.05, 4.69) is 69.6 Å². The largest absolute Gasteiger partial charge is 0.373 e. The minimum absolute atomic E-state index is 0.368. The molecular weight excluding hydrogens is 298 g/mol. The van der Waals surface area contributed by atoms with Gasteiger partial charge in [-0.2, -0.15) is 0 Å². The third-order valence-electron chi connectivity index (χ3n) is 5.78. The smallest absolute Gasteiger partial charge is 0.0775 e. The van der Waals surface area contributed by atoms with Gasteiger partial charge in [0.25, 0.3) is 0 Å². The first-order chi connectivity index (χ1) is 10.7. The van der Waals surface area contributed by atoms with E-state index in [9.17, 15) is 0 Å². The quantitative estimate of drug-likeness (QED) is 0.782. The lowest BCUT2D eigenvalue weighted by Crippen LogP contribution is -2.57. The molecule has 2 aliphatic rings. The molecule has 0 spiro atoms. The highest BCUT2D eigenvalue weighted by Crippen LogP contribution is 2.46. The molecule has 0 aromatic heterocycles. The fraction of sp³-hybridized carbons (Fsp3) is 0.700. The van der Waals surface area contributed by atoms with E-state index >= 15 is 0 Å². The van der Waals surface area contributed by atoms with Crippen molar-refractivity contribution in [1.82, 2.24) is 4.90 Å². The highest BCUT2D eigenvalue weighted by atomic mass is 28.3. The Morgan fingerprint density at radius 1 is 1.00 bits per heavy atom. The molecule has 1 heterocycles. The Bertz CT molecular complexity index is 532. The van der Waals surface area contributed by atoms with Crippen LogP contribution in [0.3, 0.4) is 0 Å². The van der Waals surface area contributed by atoms with E-state index < -0.39 is 8.07 Å². The molecule has 0 bridgehead atoms. The highest BCUT2D eigenvalue weighted by Gasteiger charge is 2.45. The molecular formula is C20H33NOSi. The lowest BCUT2D eigenvalue weighted by Gasteiger charge is -2.53. The Hall–Kier alpha value is -0.643. The molecule has 2 atom stereocenters. The van der Waals surface area contributed by atoms with Gasteiger partial charge in [-0.1, -0.05) is 56.0 Å². The third-order valence-corrected chi connectivity index (χ3v) is 7.85. The Labute approximate surface area is 143 Å². The lowest BCUT2D eigenvalue weighted by molar-refractivity contribution is -0.0985. The van der Waals surface area contributed by atoms with E-state index in [1.807, 2.05) is 0 Å². The van der Waals surface area contributed by atoms with Gasteiger partial charge < -0.3 is 4.74 Å². The standard InChI is InChI=1S/C20H33NOSi/c1-15-13-21(14-16(2)22-15)18-11-20(3,12-18)17-7-9-19(10-8-17)23(4,5)6/h7-10,15-16,18H,11-14H2,1-6H3/t15-,16+,18?,20?. The van der Waals surface area contributed by atoms with Gasteiger partial charge in [0.05, 0.1) is 20.3 Å². The molecule has 0 unspecified atom stereocenters. The van der Waals surface area contributed by atoms with E-state index in [0.29, 0.717) is 17.6 Å². The van der Waals surface area contributed by atoms with Gasteiger partial charge in [0.2, 0.25) is 0 Å². The van der Waals surface area contributed by atoms with Crippen molar-refractivity contribution in [2.24, 2.45) is 0 Å². The molecule has 128 valence electrons. The van der Waals surface area contributed by atoms with Crippen LogP contribution in [0, 0.1) is 0 Å². The summed E-state index contributed by atoms with van der Waals surface area (Å²) in [4.78, 5) is 2.66. The maximum atomic E-state index is 5.88. The zero-order chi connectivity index (χ0) is 16.8. The number of hydrogen-bond donors (Lipinski definition) is 0. The molecule has 1 saturated carbocycles. The maximum absolute atomic E-state index is 5.88. The SMILES string of the molecule is C[C@@H]1CN(C2CC(C)(c3ccc([Si](C)(C)C)cc3)C2)C[C@H](C)O1. The second-order valence-corrected chi connectivity index (χ2v) is 14.2. The normalized spacial score (nSPS) is 35.8. The van der Waals surface area contributed by atoms with Crippen LogP contribution in [0.5, 0.6) is 0 Å². The molecule has 3 heteroatoms. The summed E-state index contributed by atoms with van der Waals surface area (Å²) in [5.74, 6) is 0. The van der Waals surface area contributed by atoms with Gasteiger partial charge in [-0.15, -0.1) is 0 Å². The van der Waals surface area contributed by atoms with Crippen LogP contribution < -0.4 is 5.19 Å². The molecule has 0 radical (unpaired) electrons. The zero-order valence-corrected chi connectivity index (χ0v) is 16.7. The van der Waals surface area contributed by atoms with Gasteiger partial charge >= 0.3 is 0 Å². The summed E-state index contributed by atoms with van der Waals surface area (Å²) in [5, 5.41) is 1.57. The summed E-state index contributed by atoms with van der Waals surface area (Å²) in [7, 11) is -1.19. The van der Waals surface area contributed by atoms with E-state index in [-0.39, 0.29) is 0 Å². The zero-order valence-electron chi connectivity index (χ0n) is 15.7. The molecule has 23 heavy (non-hydrogen) atoms. The van der Waals surface area contributed by atoms with Gasteiger partial charge in [-0.05, 0) is 37.7 Å². The molecule has 2 nitrogen and oxygen atoms in total. The molecule has 1 saturated heterocycles. The fourth-order valence-electron chi connectivity index (χ4n) is 4.36. The monoisotopic (exact) mass is 331 g/mol. The van der Waals surface area contributed by atoms with Crippen LogP contribution in [0.2, 0.25) is 19.6 Å². The summed E-state index contributed by atoms with van der Waals surface area (Å²) < 4.78 is 5.88. The maximum Gasteiger partial charge on any atom is 0.0775 e. The van der Waals surface area contributed by atoms with Crippen molar-refractivity contribution in [2.75, 3.05) is 13.1 Å². The van der Waals surface area contributed by atoms with Crippen LogP contribution in [0.15, 0.2) is 24.3 Å². The minimum Gasteiger partial charge on any atom is -0.373 e. The van der Waals surface area contributed by atoms with E-state index in [1.165, 1.54) is 18.4 Å². The van der Waals surface area contributed by atoms with Crippen molar-refractivity contribution < 1.29 is 4.74 Å². The van der Waals surface area contributed by atoms with E-state index in [4.69, 9.17) is 4.74 Å². The minimum atomic E-state index is -1.19. The van der Waals surface area contributed by atoms with E-state index in [1.54, 1.807) is 5.19 Å². The van der Waals surface area contributed by atoms with Crippen LogP contribution >= 0.6 is 0 Å². The van der Waals surface area contributed by atoms with Crippen molar-refractivity contribution in [3.63, 3.8) is 0 Å². The second-order valence-electron chi connectivity index (χ2n) is 9.16. The number of rotatable bonds is 3. The van der Waals surface area contributed by atoms with Crippen LogP contribution in [0.1, 0.15) is 39.2 Å². The summed E-state index contributed by atoms with van der Waals surface area (Å²) >= 11 is 0. The topological polar surface area (TPSA) is 12.5 Å². The Morgan fingerprint density at radius 2 is 1.52 bits per heavy atom. The molecule has 0 N–H and O–H groups in total. The van der Waals surface area contributed by atoms with Crippen molar-refractivity contribution in [2.45, 2.75) is 76.9 Å². The Morgan fingerprint density at radius 3 is 2.00 bits per heavy atom. The lowest BCUT2D eigenvalue weighted by atomic mass is 9.62. The predicted molar refractivity (Wildman–Crippen MR) is 101 cm³/mol. The second kappa shape index (κ2) is 6.02. The Kier molecular flexibility index (Phi) is 4.50. The summed E-state index contributed by atoms with van der Waals surface area (Å²) in [6.07, 6.45) is 3.33. The molecule has 2 fully saturated rings. The number of benzene rings is 1. The summed E-state index contributed by atoms with van der Waals surface area (Å²) in [5.41, 5.74) is 1.90. The summed E-state index contributed by atoms with van der Waals surface area (Å²) in [6, 6.07) is 10.3. The van der Waals surface area contributed by atoms with Crippen LogP contribution in [0.25, 0.3) is 0 Å². The first-order valence-electron chi connectivity index (χ1n) is 9.18. The van der Waals surface area contributed by atoms with Gasteiger partial charge in [0.15, 0.2) is 0 Å². The van der Waals surface area contributed by atoms with Gasteiger partial charge in [-0.25, -0.2) is 0 Å². The Balaban J connectivity index is 1.64. The highest BCUT2D eigenvalue weighted by molar-refractivity contribution is 6.88. The molecule has 0 amide bonds. The average molecular weight is 332 g/mol. The first-order valence-corrected chi connectivity index (χ1v) is 12.7. The van der Waals surface area contributed by atoms with Gasteiger partial charge in [-0.3, -0.25) is 4.90 Å². The molecule has 1 aromatic rings. The summed E-state index contributed by atoms with van der Waals surface area (Å²) in [6.45, 7) is 16.3. The molecule has 1 aliphatic carbocycles. The van der Waals surface area contributed by atoms with Crippen molar-refractivity contribution >= 4 is 13.3 Å². The number of ether oxygens (including phenoxy) is 1.